The van der Waals surface area contributed by atoms with E-state index >= 15 is 0 Å². The zero-order valence-electron chi connectivity index (χ0n) is 43.0. The zero-order valence-corrected chi connectivity index (χ0v) is 43.0. The van der Waals surface area contributed by atoms with Crippen molar-refractivity contribution in [1.82, 2.24) is 9.80 Å². The normalized spacial score (nSPS) is 17.7. The minimum atomic E-state index is -0.894. The topological polar surface area (TPSA) is 146 Å². The molecule has 1 aliphatic carbocycles. The molecule has 12 heteroatoms. The molecule has 1 heterocycles. The number of ketones is 2. The van der Waals surface area contributed by atoms with Crippen molar-refractivity contribution in [3.05, 3.63) is 95.6 Å². The molecule has 1 saturated heterocycles. The molecule has 1 aliphatic heterocycles. The van der Waals surface area contributed by atoms with Gasteiger partial charge in [0.1, 0.15) is 18.2 Å². The summed E-state index contributed by atoms with van der Waals surface area (Å²) in [5, 5.41) is 0. The van der Waals surface area contributed by atoms with Crippen LogP contribution in [0.25, 0.3) is 11.1 Å². The van der Waals surface area contributed by atoms with Crippen molar-refractivity contribution in [3.63, 3.8) is 0 Å². The number of ether oxygens (including phenoxy) is 4. The molecule has 12 nitrogen and oxygen atoms in total. The molecule has 0 spiro atoms. The predicted octanol–water partition coefficient (Wildman–Crippen LogP) is 9.29. The van der Waals surface area contributed by atoms with Gasteiger partial charge in [-0.25, -0.2) is 0 Å². The molecule has 0 radical (unpaired) electrons. The summed E-state index contributed by atoms with van der Waals surface area (Å²) in [6.45, 7) is 14.1. The van der Waals surface area contributed by atoms with E-state index in [9.17, 15) is 28.8 Å². The van der Waals surface area contributed by atoms with Crippen molar-refractivity contribution in [3.8, 4) is 11.1 Å². The maximum absolute atomic E-state index is 14.7. The fraction of sp³-hybridized carbons (Fsp3) is 0.579. The Hall–Kier alpha value is -5.20. The van der Waals surface area contributed by atoms with Crippen molar-refractivity contribution in [2.75, 3.05) is 41.5 Å². The molecule has 69 heavy (non-hydrogen) atoms. The van der Waals surface area contributed by atoms with E-state index in [0.29, 0.717) is 25.8 Å². The minimum absolute atomic E-state index is 0.000263. The third-order valence-electron chi connectivity index (χ3n) is 15.3. The Morgan fingerprint density at radius 2 is 1.41 bits per heavy atom. The summed E-state index contributed by atoms with van der Waals surface area (Å²) in [5.41, 5.74) is 4.61. The van der Waals surface area contributed by atoms with Crippen LogP contribution in [0.3, 0.4) is 0 Å². The standard InChI is InChI=1S/C57H78N2O10/c1-12-37(4)53(49(66-9)34-51(62)59-30-20-27-47(59)54(67-10)38(5)48(60)32-40(56(65)68-11)31-39-21-14-13-15-22-39)58(8)55(64)45(36(2)3)33-50(61)57(6,7)29-28-52(63)69-35-46-43-25-18-16-23-41(43)42-24-17-19-26-44(42)46/h13-19,21-26,36-38,40,45-47,49,53-54H,12,20,27-35H2,1-11H3/t37-,38-,40+,45-,47-,49+,53-,54+/m0/s1. The van der Waals surface area contributed by atoms with Crippen LogP contribution in [0.15, 0.2) is 78.9 Å². The van der Waals surface area contributed by atoms with Crippen LogP contribution in [0.2, 0.25) is 0 Å². The Morgan fingerprint density at radius 3 is 1.97 bits per heavy atom. The number of hydrogen-bond donors (Lipinski definition) is 0. The average molecular weight is 951 g/mol. The summed E-state index contributed by atoms with van der Waals surface area (Å²) < 4.78 is 23.1. The third-order valence-corrected chi connectivity index (χ3v) is 15.3. The molecule has 5 rings (SSSR count). The first kappa shape index (κ1) is 54.7. The highest BCUT2D eigenvalue weighted by molar-refractivity contribution is 5.90. The smallest absolute Gasteiger partial charge is 0.309 e. The van der Waals surface area contributed by atoms with Gasteiger partial charge in [-0.3, -0.25) is 28.8 Å². The second kappa shape index (κ2) is 25.1. The van der Waals surface area contributed by atoms with Gasteiger partial charge in [0, 0.05) is 70.2 Å². The Morgan fingerprint density at radius 1 is 0.797 bits per heavy atom. The molecule has 376 valence electrons. The van der Waals surface area contributed by atoms with E-state index in [1.165, 1.54) is 7.11 Å². The second-order valence-corrected chi connectivity index (χ2v) is 20.4. The fourth-order valence-corrected chi connectivity index (χ4v) is 10.7. The van der Waals surface area contributed by atoms with Crippen molar-refractivity contribution in [2.45, 2.75) is 136 Å². The summed E-state index contributed by atoms with van der Waals surface area (Å²) in [6, 6.07) is 25.0. The molecule has 3 aromatic carbocycles. The van der Waals surface area contributed by atoms with E-state index in [1.807, 2.05) is 96.1 Å². The van der Waals surface area contributed by atoms with Crippen molar-refractivity contribution < 1.29 is 47.7 Å². The average Bonchev–Trinajstić information content (AvgIpc) is 3.96. The number of fused-ring (bicyclic) bond motifs is 3. The Labute approximate surface area is 411 Å². The highest BCUT2D eigenvalue weighted by Gasteiger charge is 2.44. The molecule has 1 fully saturated rings. The van der Waals surface area contributed by atoms with Gasteiger partial charge in [-0.1, -0.05) is 134 Å². The molecule has 0 N–H and O–H groups in total. The number of likely N-dealkylation sites (tertiary alicyclic amines) is 1. The van der Waals surface area contributed by atoms with Crippen LogP contribution in [-0.2, 0) is 54.1 Å². The Kier molecular flexibility index (Phi) is 19.9. The fourth-order valence-electron chi connectivity index (χ4n) is 10.7. The lowest BCUT2D eigenvalue weighted by atomic mass is 9.77. The van der Waals surface area contributed by atoms with E-state index in [1.54, 1.807) is 38.0 Å². The predicted molar refractivity (Wildman–Crippen MR) is 267 cm³/mol. The molecule has 0 bridgehead atoms. The molecule has 3 aromatic rings. The van der Waals surface area contributed by atoms with Crippen molar-refractivity contribution >= 4 is 35.3 Å². The third kappa shape index (κ3) is 13.4. The summed E-state index contributed by atoms with van der Waals surface area (Å²) >= 11 is 0. The van der Waals surface area contributed by atoms with Gasteiger partial charge >= 0.3 is 11.9 Å². The van der Waals surface area contributed by atoms with Gasteiger partial charge in [0.15, 0.2) is 0 Å². The van der Waals surface area contributed by atoms with Gasteiger partial charge in [0.2, 0.25) is 11.8 Å². The van der Waals surface area contributed by atoms with Crippen LogP contribution >= 0.6 is 0 Å². The number of carbonyl (C=O) groups is 6. The number of carbonyl (C=O) groups excluding carboxylic acids is 6. The second-order valence-electron chi connectivity index (χ2n) is 20.4. The molecule has 2 aliphatic rings. The van der Waals surface area contributed by atoms with Gasteiger partial charge in [0.25, 0.3) is 0 Å². The number of benzene rings is 3. The maximum atomic E-state index is 14.7. The first-order chi connectivity index (χ1) is 32.9. The number of nitrogens with zero attached hydrogens (tertiary/aromatic N) is 2. The first-order valence-electron chi connectivity index (χ1n) is 25.0. The molecular weight excluding hydrogens is 873 g/mol. The summed E-state index contributed by atoms with van der Waals surface area (Å²) in [5.74, 6) is -3.64. The van der Waals surface area contributed by atoms with E-state index in [4.69, 9.17) is 18.9 Å². The zero-order chi connectivity index (χ0) is 50.6. The Balaban J connectivity index is 1.21. The summed E-state index contributed by atoms with van der Waals surface area (Å²) in [6.07, 6.45) is 1.48. The van der Waals surface area contributed by atoms with Crippen molar-refractivity contribution in [1.29, 1.82) is 0 Å². The SMILES string of the molecule is CC[C@H](C)[C@@H]([C@@H](CC(=O)N1CCC[C@H]1[C@H](OC)[C@@H](C)C(=O)C[C@@H](Cc1ccccc1)C(=O)OC)OC)N(C)C(=O)[C@@H](CC(=O)C(C)(C)CCC(=O)OCC1c2ccccc2-c2ccccc21)C(C)C. The van der Waals surface area contributed by atoms with E-state index < -0.39 is 47.4 Å². The lowest BCUT2D eigenvalue weighted by Gasteiger charge is -2.41. The molecule has 2 amide bonds. The van der Waals surface area contributed by atoms with Crippen LogP contribution in [0.1, 0.15) is 122 Å². The number of amides is 2. The van der Waals surface area contributed by atoms with Crippen molar-refractivity contribution in [2.24, 2.45) is 35.0 Å². The molecule has 0 unspecified atom stereocenters. The van der Waals surface area contributed by atoms with Crippen LogP contribution in [0.4, 0.5) is 0 Å². The summed E-state index contributed by atoms with van der Waals surface area (Å²) in [7, 11) is 6.18. The van der Waals surface area contributed by atoms with E-state index in [2.05, 4.69) is 24.3 Å². The Bertz CT molecular complexity index is 2180. The summed E-state index contributed by atoms with van der Waals surface area (Å²) in [4.78, 5) is 86.6. The molecule has 0 aromatic heterocycles. The van der Waals surface area contributed by atoms with Crippen LogP contribution in [-0.4, -0.2) is 111 Å². The van der Waals surface area contributed by atoms with Crippen LogP contribution in [0.5, 0.6) is 0 Å². The lowest BCUT2D eigenvalue weighted by molar-refractivity contribution is -0.150. The number of hydrogen-bond acceptors (Lipinski definition) is 10. The number of Topliss-reactive ketones (excluding diaryl/α,β-unsaturated/α-hetero) is 2. The van der Waals surface area contributed by atoms with Crippen LogP contribution in [0, 0.1) is 35.0 Å². The highest BCUT2D eigenvalue weighted by atomic mass is 16.5. The van der Waals surface area contributed by atoms with Gasteiger partial charge < -0.3 is 28.7 Å². The van der Waals surface area contributed by atoms with Crippen LogP contribution < -0.4 is 0 Å². The van der Waals surface area contributed by atoms with Gasteiger partial charge in [0.05, 0.1) is 43.7 Å². The van der Waals surface area contributed by atoms with E-state index in [-0.39, 0.29) is 91.9 Å². The van der Waals surface area contributed by atoms with Gasteiger partial charge in [-0.05, 0) is 65.3 Å². The quantitative estimate of drug-likeness (QED) is 0.0714. The number of rotatable bonds is 26. The largest absolute Gasteiger partial charge is 0.469 e. The number of methoxy groups -OCH3 is 3. The molecule has 8 atom stereocenters. The number of likely N-dealkylation sites (N-methyl/N-ethyl adjacent to an activating group) is 1. The molecule has 0 saturated carbocycles. The minimum Gasteiger partial charge on any atom is -0.469 e. The number of esters is 2. The monoisotopic (exact) mass is 951 g/mol. The van der Waals surface area contributed by atoms with E-state index in [0.717, 1.165) is 34.2 Å². The van der Waals surface area contributed by atoms with Gasteiger partial charge in [-0.15, -0.1) is 0 Å². The highest BCUT2D eigenvalue weighted by Crippen LogP contribution is 2.45. The molecular formula is C57H78N2O10. The lowest BCUT2D eigenvalue weighted by Crippen LogP contribution is -2.54. The maximum Gasteiger partial charge on any atom is 0.309 e. The first-order valence-corrected chi connectivity index (χ1v) is 25.0. The van der Waals surface area contributed by atoms with Gasteiger partial charge in [-0.2, -0.15) is 0 Å².